The van der Waals surface area contributed by atoms with Gasteiger partial charge in [-0.1, -0.05) is 167 Å². The summed E-state index contributed by atoms with van der Waals surface area (Å²) in [6.45, 7) is 33.4. The molecular formula is C66H66BN3O2. The van der Waals surface area contributed by atoms with E-state index in [0.717, 1.165) is 72.0 Å². The number of amides is 1. The lowest BCUT2D eigenvalue weighted by atomic mass is 9.33. The molecule has 360 valence electrons. The van der Waals surface area contributed by atoms with Crippen LogP contribution in [0.3, 0.4) is 0 Å². The fourth-order valence-corrected chi connectivity index (χ4v) is 13.2. The van der Waals surface area contributed by atoms with Gasteiger partial charge in [0.05, 0.1) is 27.8 Å². The number of hydrogen-bond acceptors (Lipinski definition) is 2. The van der Waals surface area contributed by atoms with E-state index in [2.05, 4.69) is 221 Å². The minimum Gasteiger partial charge on any atom is -0.503 e. The van der Waals surface area contributed by atoms with Crippen molar-refractivity contribution in [2.45, 2.75) is 126 Å². The normalized spacial score (nSPS) is 16.3. The third kappa shape index (κ3) is 6.17. The molecule has 0 bridgehead atoms. The first-order chi connectivity index (χ1) is 33.9. The first kappa shape index (κ1) is 46.1. The highest BCUT2D eigenvalue weighted by molar-refractivity contribution is 7.00. The highest BCUT2D eigenvalue weighted by atomic mass is 16.3. The van der Waals surface area contributed by atoms with Crippen molar-refractivity contribution in [3.05, 3.63) is 177 Å². The molecular weight excluding hydrogens is 878 g/mol. The van der Waals surface area contributed by atoms with Crippen molar-refractivity contribution in [1.29, 1.82) is 0 Å². The number of aryl methyl sites for hydroxylation is 3. The summed E-state index contributed by atoms with van der Waals surface area (Å²) in [5.74, 6) is -0.664. The van der Waals surface area contributed by atoms with Gasteiger partial charge in [0.25, 0.3) is 12.6 Å². The Kier molecular flexibility index (Phi) is 9.60. The van der Waals surface area contributed by atoms with Crippen molar-refractivity contribution >= 4 is 89.6 Å². The minimum absolute atomic E-state index is 0.0858. The first-order valence-electron chi connectivity index (χ1n) is 25.9. The molecule has 0 unspecified atom stereocenters. The second kappa shape index (κ2) is 15.0. The van der Waals surface area contributed by atoms with E-state index in [1.807, 2.05) is 17.9 Å². The molecule has 1 N–H and O–H groups in total. The number of nitrogens with zero attached hydrogens (tertiary/aromatic N) is 3. The maximum absolute atomic E-state index is 16.5. The number of allylic oxidation sites excluding steroid dienone is 3. The molecule has 0 fully saturated rings. The average molecular weight is 944 g/mol. The van der Waals surface area contributed by atoms with Crippen LogP contribution in [0.25, 0.3) is 60.6 Å². The van der Waals surface area contributed by atoms with E-state index in [-0.39, 0.29) is 28.7 Å². The van der Waals surface area contributed by atoms with E-state index in [1.165, 1.54) is 60.8 Å². The maximum Gasteiger partial charge on any atom is 0.297 e. The fourth-order valence-electron chi connectivity index (χ4n) is 13.2. The van der Waals surface area contributed by atoms with E-state index in [1.54, 1.807) is 0 Å². The second-order valence-corrected chi connectivity index (χ2v) is 24.8. The van der Waals surface area contributed by atoms with Crippen LogP contribution < -0.4 is 21.3 Å². The van der Waals surface area contributed by atoms with Crippen molar-refractivity contribution in [3.8, 4) is 11.4 Å². The smallest absolute Gasteiger partial charge is 0.297 e. The van der Waals surface area contributed by atoms with Gasteiger partial charge in [-0.2, -0.15) is 0 Å². The summed E-state index contributed by atoms with van der Waals surface area (Å²) >= 11 is 0. The van der Waals surface area contributed by atoms with E-state index < -0.39 is 11.3 Å². The standard InChI is InChI=1S/C66H66BN3O2/c1-16-41-42-24-17-19-26-46(42)66(14,15)56(41)61(71)62(72)69-53-35-51-44(43-25-18-20-27-50(43)68(51)58-36(2)22-21-23-37(58)3)33-49(53)67-48-29-28-39(63(5,6)7)32-52(48)70-59-38(4)30-40(64(8,9)10)31-45(59)55-47(65(11,12)13)34-54(69)57(67)60(55)70/h16-35,71H,1-15H3/b41-16-,61-56-. The van der Waals surface area contributed by atoms with Crippen LogP contribution in [-0.4, -0.2) is 26.9 Å². The second-order valence-electron chi connectivity index (χ2n) is 24.8. The fraction of sp³-hybridized carbons (Fsp3) is 0.288. The monoisotopic (exact) mass is 944 g/mol. The van der Waals surface area contributed by atoms with Crippen LogP contribution in [-0.2, 0) is 26.5 Å². The molecule has 0 radical (unpaired) electrons. The van der Waals surface area contributed by atoms with E-state index in [9.17, 15) is 5.11 Å². The Labute approximate surface area is 425 Å². The summed E-state index contributed by atoms with van der Waals surface area (Å²) in [6, 6.07) is 42.6. The van der Waals surface area contributed by atoms with Crippen LogP contribution >= 0.6 is 0 Å². The molecule has 0 saturated heterocycles. The van der Waals surface area contributed by atoms with Crippen LogP contribution in [0.4, 0.5) is 11.4 Å². The summed E-state index contributed by atoms with van der Waals surface area (Å²) in [5.41, 5.74) is 21.5. The molecule has 2 aromatic heterocycles. The Balaban J connectivity index is 1.30. The molecule has 3 aliphatic rings. The van der Waals surface area contributed by atoms with Crippen molar-refractivity contribution in [1.82, 2.24) is 9.13 Å². The third-order valence-electron chi connectivity index (χ3n) is 16.7. The molecule has 72 heavy (non-hydrogen) atoms. The number of aliphatic hydroxyl groups excluding tert-OH is 1. The molecule has 1 amide bonds. The van der Waals surface area contributed by atoms with Crippen molar-refractivity contribution in [2.75, 3.05) is 4.90 Å². The van der Waals surface area contributed by atoms with Gasteiger partial charge < -0.3 is 14.2 Å². The zero-order chi connectivity index (χ0) is 51.0. The lowest BCUT2D eigenvalue weighted by Crippen LogP contribution is -2.61. The number of carbonyl (C=O) groups excluding carboxylic acids is 1. The van der Waals surface area contributed by atoms with Crippen molar-refractivity contribution < 1.29 is 9.90 Å². The molecule has 7 aromatic carbocycles. The molecule has 12 rings (SSSR count). The predicted molar refractivity (Wildman–Crippen MR) is 306 cm³/mol. The molecule has 1 aliphatic carbocycles. The first-order valence-corrected chi connectivity index (χ1v) is 25.9. The number of aliphatic hydroxyl groups is 1. The Morgan fingerprint density at radius 1 is 0.597 bits per heavy atom. The number of hydrogen-bond donors (Lipinski definition) is 1. The molecule has 0 spiro atoms. The highest BCUT2D eigenvalue weighted by Gasteiger charge is 2.48. The summed E-state index contributed by atoms with van der Waals surface area (Å²) in [4.78, 5) is 18.5. The molecule has 5 nitrogen and oxygen atoms in total. The minimum atomic E-state index is -0.648. The Morgan fingerprint density at radius 2 is 1.28 bits per heavy atom. The van der Waals surface area contributed by atoms with Gasteiger partial charge in [0, 0.05) is 49.6 Å². The van der Waals surface area contributed by atoms with E-state index in [4.69, 9.17) is 0 Å². The number of anilines is 2. The summed E-state index contributed by atoms with van der Waals surface area (Å²) in [7, 11) is 0. The highest BCUT2D eigenvalue weighted by Crippen LogP contribution is 2.52. The lowest BCUT2D eigenvalue weighted by molar-refractivity contribution is -0.116. The zero-order valence-corrected chi connectivity index (χ0v) is 44.8. The van der Waals surface area contributed by atoms with Crippen LogP contribution in [0.5, 0.6) is 0 Å². The number of fused-ring (bicyclic) bond motifs is 12. The lowest BCUT2D eigenvalue weighted by Gasteiger charge is -2.40. The van der Waals surface area contributed by atoms with Crippen LogP contribution in [0.2, 0.25) is 0 Å². The van der Waals surface area contributed by atoms with Gasteiger partial charge in [-0.25, -0.2) is 0 Å². The number of benzene rings is 7. The molecule has 0 saturated carbocycles. The van der Waals surface area contributed by atoms with E-state index in [0.29, 0.717) is 5.57 Å². The van der Waals surface area contributed by atoms with Gasteiger partial charge >= 0.3 is 0 Å². The summed E-state index contributed by atoms with van der Waals surface area (Å²) in [5, 5.41) is 17.9. The van der Waals surface area contributed by atoms with Gasteiger partial charge in [-0.3, -0.25) is 9.69 Å². The van der Waals surface area contributed by atoms with Gasteiger partial charge in [-0.15, -0.1) is 0 Å². The van der Waals surface area contributed by atoms with Crippen LogP contribution in [0.15, 0.2) is 133 Å². The predicted octanol–water partition coefficient (Wildman–Crippen LogP) is 14.7. The number of para-hydroxylation sites is 2. The summed E-state index contributed by atoms with van der Waals surface area (Å²) < 4.78 is 4.97. The van der Waals surface area contributed by atoms with Gasteiger partial charge in [0.1, 0.15) is 0 Å². The van der Waals surface area contributed by atoms with Crippen LogP contribution in [0.1, 0.15) is 128 Å². The van der Waals surface area contributed by atoms with Gasteiger partial charge in [-0.05, 0) is 141 Å². The number of carbonyl (C=O) groups is 1. The zero-order valence-electron chi connectivity index (χ0n) is 44.8. The van der Waals surface area contributed by atoms with E-state index >= 15 is 4.79 Å². The molecule has 0 atom stereocenters. The topological polar surface area (TPSA) is 50.4 Å². The Bertz CT molecular complexity index is 3960. The van der Waals surface area contributed by atoms with Crippen molar-refractivity contribution in [3.63, 3.8) is 0 Å². The Morgan fingerprint density at radius 3 is 1.96 bits per heavy atom. The molecule has 2 aliphatic heterocycles. The molecule has 9 aromatic rings. The van der Waals surface area contributed by atoms with Gasteiger partial charge in [0.2, 0.25) is 0 Å². The molecule has 4 heterocycles. The maximum atomic E-state index is 16.5. The molecule has 6 heteroatoms. The van der Waals surface area contributed by atoms with Crippen LogP contribution in [0, 0.1) is 20.8 Å². The third-order valence-corrected chi connectivity index (χ3v) is 16.7. The largest absolute Gasteiger partial charge is 0.503 e. The van der Waals surface area contributed by atoms with Gasteiger partial charge in [0.15, 0.2) is 5.76 Å². The SMILES string of the molecule is C/C=C1\C(=C(\O)C(=O)N2c3cc4c(cc3B3c5ccc(C(C)(C)C)cc5-n5c6c(C)cc(C(C)(C)C)cc6c6c(C(C)(C)C)cc2c3c65)c2ccccc2n4-c2c(C)cccc2C)C(C)(C)c2ccccc21. The quantitative estimate of drug-likeness (QED) is 0.107. The number of aromatic nitrogens is 2. The van der Waals surface area contributed by atoms with Crippen molar-refractivity contribution in [2.24, 2.45) is 0 Å². The number of rotatable bonds is 2. The average Bonchev–Trinajstić information content (AvgIpc) is 3.91. The summed E-state index contributed by atoms with van der Waals surface area (Å²) in [6.07, 6.45) is 2.06. The Hall–Kier alpha value is -7.05.